The molecule has 0 saturated heterocycles. The number of aromatic nitrogens is 6. The molecule has 52 heavy (non-hydrogen) atoms. The van der Waals surface area contributed by atoms with Crippen molar-refractivity contribution in [2.24, 2.45) is 0 Å². The van der Waals surface area contributed by atoms with E-state index >= 15 is 0 Å². The summed E-state index contributed by atoms with van der Waals surface area (Å²) in [4.78, 5) is 40.0. The number of aromatic carboxylic acids is 1. The minimum Gasteiger partial charge on any atom is -0.478 e. The second kappa shape index (κ2) is 13.8. The van der Waals surface area contributed by atoms with Crippen LogP contribution in [0.5, 0.6) is 0 Å². The van der Waals surface area contributed by atoms with Crippen molar-refractivity contribution in [1.29, 1.82) is 0 Å². The molecule has 0 radical (unpaired) electrons. The van der Waals surface area contributed by atoms with E-state index in [9.17, 15) is 32.3 Å². The monoisotopic (exact) mass is 834 g/mol. The molecule has 8 aromatic rings. The average Bonchev–Trinajstić information content (AvgIpc) is 3.75. The second-order valence-electron chi connectivity index (χ2n) is 11.1. The highest BCUT2D eigenvalue weighted by molar-refractivity contribution is 9.10. The van der Waals surface area contributed by atoms with E-state index in [0.717, 1.165) is 24.3 Å². The molecular formula is C36H20Br2F4N6O4. The molecule has 0 fully saturated rings. The maximum atomic E-state index is 14.5. The van der Waals surface area contributed by atoms with Crippen LogP contribution in [0.3, 0.4) is 0 Å². The summed E-state index contributed by atoms with van der Waals surface area (Å²) in [6.07, 6.45) is 5.60. The molecule has 0 bridgehead atoms. The summed E-state index contributed by atoms with van der Waals surface area (Å²) in [5.74, 6) is -4.13. The summed E-state index contributed by atoms with van der Waals surface area (Å²) in [5.41, 5.74) is 2.44. The van der Waals surface area contributed by atoms with Crippen LogP contribution in [-0.4, -0.2) is 52.7 Å². The molecule has 0 unspecified atom stereocenters. The molecule has 0 atom stereocenters. The first-order chi connectivity index (χ1) is 25.0. The van der Waals surface area contributed by atoms with Crippen LogP contribution in [0.1, 0.15) is 27.6 Å². The smallest absolute Gasteiger partial charge is 0.340 e. The number of nitrogens with zero attached hydrogens (tertiary/aromatic N) is 6. The molecule has 4 aromatic heterocycles. The van der Waals surface area contributed by atoms with Gasteiger partial charge in [0.15, 0.2) is 0 Å². The van der Waals surface area contributed by atoms with E-state index in [1.165, 1.54) is 41.7 Å². The number of benzene rings is 4. The third-order valence-electron chi connectivity index (χ3n) is 8.02. The van der Waals surface area contributed by atoms with E-state index in [1.807, 2.05) is 0 Å². The summed E-state index contributed by atoms with van der Waals surface area (Å²) >= 11 is 6.64. The lowest BCUT2D eigenvalue weighted by Crippen LogP contribution is -2.06. The number of halogens is 6. The molecule has 260 valence electrons. The fraction of sp³-hybridized carbons (Fsp3) is 0.0556. The Morgan fingerprint density at radius 3 is 1.56 bits per heavy atom. The van der Waals surface area contributed by atoms with E-state index in [2.05, 4.69) is 51.8 Å². The number of hydrogen-bond donors (Lipinski definition) is 1. The van der Waals surface area contributed by atoms with Crippen molar-refractivity contribution >= 4 is 87.7 Å². The van der Waals surface area contributed by atoms with Crippen LogP contribution in [0, 0.1) is 23.3 Å². The lowest BCUT2D eigenvalue weighted by molar-refractivity contribution is 0.0527. The van der Waals surface area contributed by atoms with Gasteiger partial charge in [0, 0.05) is 21.3 Å². The molecule has 4 heterocycles. The Bertz CT molecular complexity index is 2750. The van der Waals surface area contributed by atoms with Gasteiger partial charge >= 0.3 is 11.9 Å². The van der Waals surface area contributed by atoms with Crippen molar-refractivity contribution in [2.75, 3.05) is 6.61 Å². The van der Waals surface area contributed by atoms with Crippen molar-refractivity contribution in [3.05, 3.63) is 129 Å². The number of imidazole rings is 2. The Hall–Kier alpha value is -5.74. The predicted molar refractivity (Wildman–Crippen MR) is 191 cm³/mol. The third kappa shape index (κ3) is 6.02. The number of carboxylic acid groups (broad SMARTS) is 1. The zero-order valence-electron chi connectivity index (χ0n) is 26.4. The Morgan fingerprint density at radius 2 is 1.10 bits per heavy atom. The largest absolute Gasteiger partial charge is 0.478 e. The highest BCUT2D eigenvalue weighted by atomic mass is 79.9. The Labute approximate surface area is 306 Å². The molecule has 0 aliphatic rings. The molecule has 0 aliphatic carbocycles. The van der Waals surface area contributed by atoms with Gasteiger partial charge in [-0.15, -0.1) is 0 Å². The molecule has 4 aromatic carbocycles. The first kappa shape index (κ1) is 34.7. The van der Waals surface area contributed by atoms with Gasteiger partial charge in [-0.3, -0.25) is 19.1 Å². The molecule has 1 N–H and O–H groups in total. The maximum absolute atomic E-state index is 14.5. The van der Waals surface area contributed by atoms with Gasteiger partial charge in [-0.1, -0.05) is 31.9 Å². The van der Waals surface area contributed by atoms with Gasteiger partial charge in [-0.05, 0) is 67.6 Å². The summed E-state index contributed by atoms with van der Waals surface area (Å²) in [5, 5.41) is 9.38. The van der Waals surface area contributed by atoms with Crippen LogP contribution in [0.4, 0.5) is 17.6 Å². The van der Waals surface area contributed by atoms with E-state index in [0.29, 0.717) is 36.9 Å². The fourth-order valence-corrected chi connectivity index (χ4v) is 6.72. The van der Waals surface area contributed by atoms with E-state index < -0.39 is 35.2 Å². The minimum absolute atomic E-state index is 0.00125. The van der Waals surface area contributed by atoms with Gasteiger partial charge in [-0.25, -0.2) is 37.1 Å². The number of fused-ring (bicyclic) bond motifs is 4. The van der Waals surface area contributed by atoms with Crippen LogP contribution in [0.2, 0.25) is 0 Å². The van der Waals surface area contributed by atoms with E-state index in [-0.39, 0.29) is 45.1 Å². The first-order valence-corrected chi connectivity index (χ1v) is 16.8. The number of carboxylic acids is 1. The number of carbonyl (C=O) groups is 2. The molecule has 16 heteroatoms. The number of pyridine rings is 2. The summed E-state index contributed by atoms with van der Waals surface area (Å²) in [6.45, 7) is 1.94. The van der Waals surface area contributed by atoms with Gasteiger partial charge in [-0.2, -0.15) is 0 Å². The third-order valence-corrected chi connectivity index (χ3v) is 8.93. The lowest BCUT2D eigenvalue weighted by Gasteiger charge is -2.10. The zero-order valence-corrected chi connectivity index (χ0v) is 29.6. The number of esters is 1. The van der Waals surface area contributed by atoms with Crippen LogP contribution in [-0.2, 0) is 4.74 Å². The number of hydrogen-bond acceptors (Lipinski definition) is 7. The SMILES string of the molecule is CCOC(=O)c1cc(Br)cc2c1ncn2-c1ccnc2c(F)ccc(F)c12.O=C(O)c1cc(Br)cc2c1ncn2-c1ccnc2c(F)ccc(F)c12. The van der Waals surface area contributed by atoms with Gasteiger partial charge in [0.1, 0.15) is 58.0 Å². The summed E-state index contributed by atoms with van der Waals surface area (Å²) in [6, 6.07) is 13.7. The van der Waals surface area contributed by atoms with Crippen molar-refractivity contribution < 1.29 is 37.0 Å². The average molecular weight is 836 g/mol. The molecule has 0 aliphatic heterocycles. The van der Waals surface area contributed by atoms with E-state index in [1.54, 1.807) is 35.8 Å². The highest BCUT2D eigenvalue weighted by Gasteiger charge is 2.21. The van der Waals surface area contributed by atoms with Crippen LogP contribution in [0.15, 0.2) is 94.7 Å². The predicted octanol–water partition coefficient (Wildman–Crippen LogP) is 9.10. The van der Waals surface area contributed by atoms with E-state index in [4.69, 9.17) is 4.74 Å². The Morgan fingerprint density at radius 1 is 0.654 bits per heavy atom. The molecule has 0 saturated carbocycles. The maximum Gasteiger partial charge on any atom is 0.340 e. The van der Waals surface area contributed by atoms with Gasteiger partial charge in [0.05, 0.1) is 50.9 Å². The first-order valence-electron chi connectivity index (χ1n) is 15.2. The quantitative estimate of drug-likeness (QED) is 0.135. The number of rotatable bonds is 5. The minimum atomic E-state index is -1.13. The van der Waals surface area contributed by atoms with Gasteiger partial charge in [0.25, 0.3) is 0 Å². The molecular weight excluding hydrogens is 816 g/mol. The van der Waals surface area contributed by atoms with Crippen molar-refractivity contribution in [3.8, 4) is 11.4 Å². The molecule has 0 amide bonds. The molecule has 8 rings (SSSR count). The standard InChI is InChI=1S/C19H12BrF2N3O2.C17H8BrF2N3O2/c1-2-27-19(26)11-7-10(20)8-15-17(11)24-9-25(15)14-5-6-23-18-13(22)4-3-12(21)16(14)18;18-8-5-9(17(24)25)15-13(6-8)23(7-22-15)12-3-4-21-16-11(20)2-1-10(19)14(12)16/h3-9H,2H2,1H3;1-7H,(H,24,25). The summed E-state index contributed by atoms with van der Waals surface area (Å²) < 4.78 is 66.3. The van der Waals surface area contributed by atoms with Crippen LogP contribution >= 0.6 is 31.9 Å². The lowest BCUT2D eigenvalue weighted by atomic mass is 10.1. The molecule has 10 nitrogen and oxygen atoms in total. The number of ether oxygens (including phenoxy) is 1. The molecule has 0 spiro atoms. The zero-order chi connectivity index (χ0) is 36.8. The fourth-order valence-electron chi connectivity index (χ4n) is 5.83. The van der Waals surface area contributed by atoms with Crippen molar-refractivity contribution in [3.63, 3.8) is 0 Å². The highest BCUT2D eigenvalue weighted by Crippen LogP contribution is 2.33. The van der Waals surface area contributed by atoms with Gasteiger partial charge < -0.3 is 9.84 Å². The van der Waals surface area contributed by atoms with Crippen LogP contribution in [0.25, 0.3) is 55.2 Å². The van der Waals surface area contributed by atoms with Crippen molar-refractivity contribution in [1.82, 2.24) is 29.1 Å². The number of carbonyl (C=O) groups excluding carboxylic acids is 1. The second-order valence-corrected chi connectivity index (χ2v) is 12.9. The van der Waals surface area contributed by atoms with Crippen LogP contribution < -0.4 is 0 Å². The van der Waals surface area contributed by atoms with Crippen molar-refractivity contribution in [2.45, 2.75) is 6.92 Å². The topological polar surface area (TPSA) is 125 Å². The van der Waals surface area contributed by atoms with Gasteiger partial charge in [0.2, 0.25) is 0 Å². The normalized spacial score (nSPS) is 11.3. The Kier molecular flexibility index (Phi) is 9.18. The Balaban J connectivity index is 0.000000162. The summed E-state index contributed by atoms with van der Waals surface area (Å²) in [7, 11) is 0.